The van der Waals surface area contributed by atoms with Gasteiger partial charge in [-0.05, 0) is 23.6 Å². The van der Waals surface area contributed by atoms with Gasteiger partial charge in [-0.1, -0.05) is 26.0 Å². The fourth-order valence-electron chi connectivity index (χ4n) is 1.26. The summed E-state index contributed by atoms with van der Waals surface area (Å²) in [4.78, 5) is 11.0. The van der Waals surface area contributed by atoms with Gasteiger partial charge in [0.2, 0.25) is 5.91 Å². The van der Waals surface area contributed by atoms with Crippen molar-refractivity contribution >= 4 is 5.91 Å². The molecule has 0 heterocycles. The minimum Gasteiger partial charge on any atom is -0.493 e. The van der Waals surface area contributed by atoms with Crippen LogP contribution < -0.4 is 10.6 Å². The highest BCUT2D eigenvalue weighted by Gasteiger charge is 2.04. The predicted octanol–water partition coefficient (Wildman–Crippen LogP) is 1.94. The Balaban J connectivity index is 2.53. The van der Waals surface area contributed by atoms with Crippen LogP contribution in [0.5, 0.6) is 5.75 Å². The second-order valence-corrected chi connectivity index (χ2v) is 4.50. The maximum Gasteiger partial charge on any atom is 0.233 e. The van der Waals surface area contributed by atoms with E-state index in [4.69, 9.17) is 10.6 Å². The van der Waals surface area contributed by atoms with Gasteiger partial charge in [0.1, 0.15) is 5.75 Å². The molecule has 0 aliphatic heterocycles. The van der Waals surface area contributed by atoms with Crippen molar-refractivity contribution in [2.45, 2.75) is 27.3 Å². The number of nitrogens with two attached hydrogens (primary N) is 1. The number of benzene rings is 1. The monoisotopic (exact) mass is 236 g/mol. The van der Waals surface area contributed by atoms with Crippen molar-refractivity contribution < 1.29 is 9.53 Å². The average Bonchev–Trinajstić information content (AvgIpc) is 2.28. The number of nitrogens with zero attached hydrogens (tertiary/aromatic N) is 1. The van der Waals surface area contributed by atoms with Crippen LogP contribution in [-0.2, 0) is 11.3 Å². The van der Waals surface area contributed by atoms with Crippen LogP contribution in [0.2, 0.25) is 0 Å². The van der Waals surface area contributed by atoms with Gasteiger partial charge in [-0.25, -0.2) is 5.84 Å². The normalized spacial score (nSPS) is 10.4. The Morgan fingerprint density at radius 1 is 1.35 bits per heavy atom. The summed E-state index contributed by atoms with van der Waals surface area (Å²) in [5.41, 5.74) is 0.986. The van der Waals surface area contributed by atoms with Crippen molar-refractivity contribution in [2.75, 3.05) is 6.61 Å². The second kappa shape index (κ2) is 6.25. The highest BCUT2D eigenvalue weighted by atomic mass is 16.5. The van der Waals surface area contributed by atoms with Crippen molar-refractivity contribution in [2.24, 2.45) is 11.8 Å². The molecule has 0 aromatic heterocycles. The highest BCUT2D eigenvalue weighted by molar-refractivity contribution is 5.72. The Labute approximate surface area is 102 Å². The van der Waals surface area contributed by atoms with Gasteiger partial charge in [-0.3, -0.25) is 9.80 Å². The number of ether oxygens (including phenoxy) is 1. The number of carbonyl (C=O) groups excluding carboxylic acids is 1. The first-order chi connectivity index (χ1) is 7.99. The van der Waals surface area contributed by atoms with Crippen LogP contribution in [0.15, 0.2) is 24.3 Å². The third kappa shape index (κ3) is 4.87. The largest absolute Gasteiger partial charge is 0.493 e. The zero-order valence-corrected chi connectivity index (χ0v) is 10.6. The van der Waals surface area contributed by atoms with Gasteiger partial charge in [0.05, 0.1) is 13.2 Å². The minimum atomic E-state index is -0.148. The van der Waals surface area contributed by atoms with E-state index < -0.39 is 0 Å². The van der Waals surface area contributed by atoms with Gasteiger partial charge < -0.3 is 4.74 Å². The summed E-state index contributed by atoms with van der Waals surface area (Å²) in [6, 6.07) is 7.62. The number of carbonyl (C=O) groups is 1. The lowest BCUT2D eigenvalue weighted by molar-refractivity contribution is -0.129. The Hall–Kier alpha value is -1.55. The van der Waals surface area contributed by atoms with Crippen LogP contribution in [0, 0.1) is 5.92 Å². The number of rotatable bonds is 5. The Bertz CT molecular complexity index is 360. The van der Waals surface area contributed by atoms with Crippen LogP contribution in [-0.4, -0.2) is 17.5 Å². The van der Waals surface area contributed by atoms with Crippen molar-refractivity contribution in [3.05, 3.63) is 29.8 Å². The van der Waals surface area contributed by atoms with Crippen molar-refractivity contribution in [3.63, 3.8) is 0 Å². The van der Waals surface area contributed by atoms with E-state index in [2.05, 4.69) is 13.8 Å². The summed E-state index contributed by atoms with van der Waals surface area (Å²) >= 11 is 0. The summed E-state index contributed by atoms with van der Waals surface area (Å²) in [5.74, 6) is 6.74. The van der Waals surface area contributed by atoms with E-state index in [0.29, 0.717) is 19.1 Å². The SMILES string of the molecule is CC(=O)N(N)Cc1ccc(OCC(C)C)cc1. The van der Waals surface area contributed by atoms with E-state index in [1.165, 1.54) is 11.9 Å². The van der Waals surface area contributed by atoms with Crippen LogP contribution >= 0.6 is 0 Å². The van der Waals surface area contributed by atoms with E-state index in [1.807, 2.05) is 24.3 Å². The smallest absolute Gasteiger partial charge is 0.233 e. The highest BCUT2D eigenvalue weighted by Crippen LogP contribution is 2.14. The molecule has 0 bridgehead atoms. The molecule has 0 fully saturated rings. The molecule has 1 aromatic carbocycles. The molecule has 1 aromatic rings. The molecule has 0 aliphatic carbocycles. The van der Waals surface area contributed by atoms with Crippen LogP contribution in [0.1, 0.15) is 26.3 Å². The van der Waals surface area contributed by atoms with Gasteiger partial charge in [0.25, 0.3) is 0 Å². The molecular weight excluding hydrogens is 216 g/mol. The molecule has 0 saturated carbocycles. The molecule has 17 heavy (non-hydrogen) atoms. The maximum atomic E-state index is 11.0. The zero-order valence-electron chi connectivity index (χ0n) is 10.6. The summed E-state index contributed by atoms with van der Waals surface area (Å²) in [7, 11) is 0. The first-order valence-electron chi connectivity index (χ1n) is 5.73. The summed E-state index contributed by atoms with van der Waals surface area (Å²) < 4.78 is 5.56. The molecule has 0 saturated heterocycles. The summed E-state index contributed by atoms with van der Waals surface area (Å²) in [6.45, 7) is 6.77. The molecular formula is C13H20N2O2. The minimum absolute atomic E-state index is 0.148. The van der Waals surface area contributed by atoms with Gasteiger partial charge in [-0.15, -0.1) is 0 Å². The zero-order chi connectivity index (χ0) is 12.8. The van der Waals surface area contributed by atoms with Gasteiger partial charge in [0, 0.05) is 6.92 Å². The quantitative estimate of drug-likeness (QED) is 0.483. The number of hydrazine groups is 1. The van der Waals surface area contributed by atoms with Crippen LogP contribution in [0.3, 0.4) is 0 Å². The predicted molar refractivity (Wildman–Crippen MR) is 67.2 cm³/mol. The van der Waals surface area contributed by atoms with Crippen LogP contribution in [0.4, 0.5) is 0 Å². The van der Waals surface area contributed by atoms with Crippen molar-refractivity contribution in [1.82, 2.24) is 5.01 Å². The third-order valence-corrected chi connectivity index (χ3v) is 2.26. The molecule has 0 radical (unpaired) electrons. The molecule has 4 heteroatoms. The van der Waals surface area contributed by atoms with E-state index in [-0.39, 0.29) is 5.91 Å². The van der Waals surface area contributed by atoms with Gasteiger partial charge >= 0.3 is 0 Å². The molecule has 1 amide bonds. The Morgan fingerprint density at radius 2 is 1.94 bits per heavy atom. The van der Waals surface area contributed by atoms with E-state index >= 15 is 0 Å². The average molecular weight is 236 g/mol. The number of hydrogen-bond acceptors (Lipinski definition) is 3. The molecule has 0 aliphatic rings. The molecule has 1 rings (SSSR count). The first kappa shape index (κ1) is 13.5. The van der Waals surface area contributed by atoms with Gasteiger partial charge in [0.15, 0.2) is 0 Å². The lowest BCUT2D eigenvalue weighted by Gasteiger charge is -2.14. The molecule has 2 N–H and O–H groups in total. The van der Waals surface area contributed by atoms with E-state index in [1.54, 1.807) is 0 Å². The molecule has 0 spiro atoms. The number of hydrogen-bond donors (Lipinski definition) is 1. The fourth-order valence-corrected chi connectivity index (χ4v) is 1.26. The van der Waals surface area contributed by atoms with Gasteiger partial charge in [-0.2, -0.15) is 0 Å². The third-order valence-electron chi connectivity index (χ3n) is 2.26. The lowest BCUT2D eigenvalue weighted by Crippen LogP contribution is -2.34. The van der Waals surface area contributed by atoms with E-state index in [9.17, 15) is 4.79 Å². The topological polar surface area (TPSA) is 55.6 Å². The Kier molecular flexibility index (Phi) is 4.97. The van der Waals surface area contributed by atoms with Crippen molar-refractivity contribution in [3.8, 4) is 5.75 Å². The Morgan fingerprint density at radius 3 is 2.41 bits per heavy atom. The van der Waals surface area contributed by atoms with E-state index in [0.717, 1.165) is 11.3 Å². The summed E-state index contributed by atoms with van der Waals surface area (Å²) in [6.07, 6.45) is 0. The summed E-state index contributed by atoms with van der Waals surface area (Å²) in [5, 5.41) is 1.18. The van der Waals surface area contributed by atoms with Crippen molar-refractivity contribution in [1.29, 1.82) is 0 Å². The molecule has 4 nitrogen and oxygen atoms in total. The van der Waals surface area contributed by atoms with Crippen LogP contribution in [0.25, 0.3) is 0 Å². The molecule has 94 valence electrons. The maximum absolute atomic E-state index is 11.0. The lowest BCUT2D eigenvalue weighted by atomic mass is 10.2. The second-order valence-electron chi connectivity index (χ2n) is 4.50. The number of amides is 1. The fraction of sp³-hybridized carbons (Fsp3) is 0.462. The standard InChI is InChI=1S/C13H20N2O2/c1-10(2)9-17-13-6-4-12(5-7-13)8-15(14)11(3)16/h4-7,10H,8-9,14H2,1-3H3. The molecule has 0 unspecified atom stereocenters. The molecule has 0 atom stereocenters. The first-order valence-corrected chi connectivity index (χ1v) is 5.73.